The highest BCUT2D eigenvalue weighted by molar-refractivity contribution is 5.84. The van der Waals surface area contributed by atoms with Crippen LogP contribution in [0.2, 0.25) is 0 Å². The Kier molecular flexibility index (Phi) is 7.15. The molecule has 1 aliphatic rings. The summed E-state index contributed by atoms with van der Waals surface area (Å²) in [5.74, 6) is -6.87. The molecule has 12 nitrogen and oxygen atoms in total. The number of aliphatic imine (C=N–C) groups is 1. The molecule has 1 saturated heterocycles. The van der Waals surface area contributed by atoms with E-state index in [0.29, 0.717) is 0 Å². The minimum Gasteiger partial charge on any atom is -0.477 e. The third-order valence-corrected chi connectivity index (χ3v) is 5.37. The van der Waals surface area contributed by atoms with Crippen LogP contribution < -0.4 is 11.1 Å². The van der Waals surface area contributed by atoms with Gasteiger partial charge in [0.25, 0.3) is 5.79 Å². The zero-order valence-electron chi connectivity index (χ0n) is 16.2. The van der Waals surface area contributed by atoms with Crippen molar-refractivity contribution in [1.82, 2.24) is 5.32 Å². The van der Waals surface area contributed by atoms with E-state index in [0.717, 1.165) is 6.92 Å². The number of carbonyl (C=O) groups excluding carboxylic acids is 1. The highest BCUT2D eigenvalue weighted by Gasteiger charge is 2.69. The van der Waals surface area contributed by atoms with E-state index in [1.54, 1.807) is 0 Å². The quantitative estimate of drug-likeness (QED) is 0.154. The average molecular weight is 407 g/mol. The van der Waals surface area contributed by atoms with Gasteiger partial charge in [0.2, 0.25) is 5.91 Å². The Hall–Kier alpha value is -1.83. The molecule has 0 saturated carbocycles. The number of carbonyl (C=O) groups is 2. The first-order valence-electron chi connectivity index (χ1n) is 8.55. The summed E-state index contributed by atoms with van der Waals surface area (Å²) in [4.78, 5) is 27.6. The number of aliphatic hydroxyl groups excluding tert-OH is 4. The summed E-state index contributed by atoms with van der Waals surface area (Å²) in [6, 6.07) is 0. The number of aliphatic hydroxyl groups is 5. The minimum absolute atomic E-state index is 0.118. The van der Waals surface area contributed by atoms with Crippen LogP contribution in [0.4, 0.5) is 0 Å². The van der Waals surface area contributed by atoms with Gasteiger partial charge in [0.15, 0.2) is 0 Å². The standard InChI is InChI=1S/C16H29N3O9/c1-7-11(23)14(3,19-10(22)5-18-8(2)17)15(4,12(24)9(21)6-20)28-16(7,27)13(25)26/h7,9,11-12,20-21,23-24,27H,5-6H2,1-4H3,(H2,17,18)(H,19,22)(H,25,26)/t7?,9?,11-,12?,14-,15?,16-/m1/s1. The summed E-state index contributed by atoms with van der Waals surface area (Å²) in [6.45, 7) is 3.61. The minimum atomic E-state index is -2.94. The van der Waals surface area contributed by atoms with Crippen LogP contribution in [0.1, 0.15) is 27.7 Å². The SMILES string of the molecule is CC(N)=NCC(=O)N[C@]1(C)[C@H](O)C(C)[C@](O)(C(=O)O)OC1(C)C(O)C(O)CO. The van der Waals surface area contributed by atoms with Gasteiger partial charge in [-0.1, -0.05) is 6.92 Å². The van der Waals surface area contributed by atoms with Crippen LogP contribution in [0, 0.1) is 5.92 Å². The van der Waals surface area contributed by atoms with Crippen LogP contribution in [0.5, 0.6) is 0 Å². The first-order valence-corrected chi connectivity index (χ1v) is 8.55. The number of hydrogen-bond acceptors (Lipinski definition) is 9. The predicted molar refractivity (Wildman–Crippen MR) is 95.1 cm³/mol. The Labute approximate surface area is 161 Å². The number of nitrogens with two attached hydrogens (primary N) is 1. The van der Waals surface area contributed by atoms with Crippen molar-refractivity contribution in [3.05, 3.63) is 0 Å². The number of carboxylic acids is 1. The number of nitrogens with zero attached hydrogens (tertiary/aromatic N) is 1. The lowest BCUT2D eigenvalue weighted by Crippen LogP contribution is -2.82. The third-order valence-electron chi connectivity index (χ3n) is 5.37. The number of rotatable bonds is 7. The lowest BCUT2D eigenvalue weighted by Gasteiger charge is -2.59. The molecule has 0 bridgehead atoms. The van der Waals surface area contributed by atoms with Crippen molar-refractivity contribution in [2.45, 2.75) is 62.9 Å². The summed E-state index contributed by atoms with van der Waals surface area (Å²) < 4.78 is 5.33. The number of amides is 1. The topological polar surface area (TPSA) is 215 Å². The Morgan fingerprint density at radius 3 is 2.29 bits per heavy atom. The van der Waals surface area contributed by atoms with Crippen LogP contribution in [0.15, 0.2) is 4.99 Å². The van der Waals surface area contributed by atoms with Gasteiger partial charge in [-0.25, -0.2) is 4.79 Å². The molecule has 0 aliphatic carbocycles. The fraction of sp³-hybridized carbons (Fsp3) is 0.812. The largest absolute Gasteiger partial charge is 0.477 e. The molecule has 1 fully saturated rings. The number of amidine groups is 1. The van der Waals surface area contributed by atoms with Crippen molar-refractivity contribution in [3.63, 3.8) is 0 Å². The molecule has 4 unspecified atom stereocenters. The summed E-state index contributed by atoms with van der Waals surface area (Å²) in [5.41, 5.74) is 1.23. The van der Waals surface area contributed by atoms with Crippen LogP contribution >= 0.6 is 0 Å². The van der Waals surface area contributed by atoms with Gasteiger partial charge >= 0.3 is 5.97 Å². The normalized spacial score (nSPS) is 38.5. The molecule has 12 heteroatoms. The molecule has 162 valence electrons. The highest BCUT2D eigenvalue weighted by atomic mass is 16.7. The van der Waals surface area contributed by atoms with Gasteiger partial charge in [-0.05, 0) is 20.8 Å². The van der Waals surface area contributed by atoms with Gasteiger partial charge < -0.3 is 46.4 Å². The maximum Gasteiger partial charge on any atom is 0.364 e. The predicted octanol–water partition coefficient (Wildman–Crippen LogP) is -3.49. The zero-order valence-corrected chi connectivity index (χ0v) is 16.2. The average Bonchev–Trinajstić information content (AvgIpc) is 2.61. The van der Waals surface area contributed by atoms with Gasteiger partial charge in [-0.15, -0.1) is 0 Å². The van der Waals surface area contributed by atoms with E-state index in [4.69, 9.17) is 10.5 Å². The van der Waals surface area contributed by atoms with Crippen molar-refractivity contribution in [1.29, 1.82) is 0 Å². The zero-order chi connectivity index (χ0) is 22.1. The van der Waals surface area contributed by atoms with Gasteiger partial charge in [-0.3, -0.25) is 9.79 Å². The van der Waals surface area contributed by atoms with Crippen molar-refractivity contribution in [2.75, 3.05) is 13.2 Å². The molecule has 0 spiro atoms. The molecule has 0 radical (unpaired) electrons. The lowest BCUT2D eigenvalue weighted by molar-refractivity contribution is -0.365. The summed E-state index contributed by atoms with van der Waals surface area (Å²) in [7, 11) is 0. The monoisotopic (exact) mass is 407 g/mol. The second kappa shape index (κ2) is 8.27. The van der Waals surface area contributed by atoms with E-state index in [2.05, 4.69) is 10.3 Å². The van der Waals surface area contributed by atoms with Crippen molar-refractivity contribution in [2.24, 2.45) is 16.6 Å². The number of carboxylic acid groups (broad SMARTS) is 1. The number of aliphatic carboxylic acids is 1. The Morgan fingerprint density at radius 1 is 1.32 bits per heavy atom. The fourth-order valence-electron chi connectivity index (χ4n) is 3.33. The van der Waals surface area contributed by atoms with Crippen molar-refractivity contribution in [3.8, 4) is 0 Å². The molecule has 0 aromatic carbocycles. The number of nitrogens with one attached hydrogen (secondary N) is 1. The van der Waals surface area contributed by atoms with E-state index < -0.39 is 66.2 Å². The molecule has 9 N–H and O–H groups in total. The molecule has 1 amide bonds. The second-order valence-electron chi connectivity index (χ2n) is 7.35. The van der Waals surface area contributed by atoms with E-state index in [1.165, 1.54) is 20.8 Å². The molecular formula is C16H29N3O9. The van der Waals surface area contributed by atoms with Crippen LogP contribution in [-0.2, 0) is 14.3 Å². The molecular weight excluding hydrogens is 378 g/mol. The van der Waals surface area contributed by atoms with E-state index in [9.17, 15) is 40.2 Å². The maximum absolute atomic E-state index is 12.3. The molecule has 0 aromatic heterocycles. The third kappa shape index (κ3) is 3.97. The van der Waals surface area contributed by atoms with Crippen LogP contribution in [0.25, 0.3) is 0 Å². The summed E-state index contributed by atoms with van der Waals surface area (Å²) in [5, 5.41) is 62.7. The maximum atomic E-state index is 12.3. The Bertz CT molecular complexity index is 641. The molecule has 0 aromatic rings. The Morgan fingerprint density at radius 2 is 1.86 bits per heavy atom. The molecule has 28 heavy (non-hydrogen) atoms. The van der Waals surface area contributed by atoms with E-state index in [-0.39, 0.29) is 5.84 Å². The van der Waals surface area contributed by atoms with Crippen molar-refractivity contribution < 1.29 is 45.0 Å². The molecule has 1 aliphatic heterocycles. The molecule has 7 atom stereocenters. The van der Waals surface area contributed by atoms with Gasteiger partial charge in [0.05, 0.1) is 30.0 Å². The summed E-state index contributed by atoms with van der Waals surface area (Å²) in [6.07, 6.45) is -5.58. The van der Waals surface area contributed by atoms with Gasteiger partial charge in [-0.2, -0.15) is 0 Å². The summed E-state index contributed by atoms with van der Waals surface area (Å²) >= 11 is 0. The van der Waals surface area contributed by atoms with Crippen molar-refractivity contribution >= 4 is 17.7 Å². The number of hydrogen-bond donors (Lipinski definition) is 8. The highest BCUT2D eigenvalue weighted by Crippen LogP contribution is 2.47. The van der Waals surface area contributed by atoms with Gasteiger partial charge in [0, 0.05) is 0 Å². The molecule has 1 rings (SSSR count). The van der Waals surface area contributed by atoms with E-state index in [1.807, 2.05) is 0 Å². The van der Waals surface area contributed by atoms with Crippen LogP contribution in [-0.4, -0.2) is 96.7 Å². The fourth-order valence-corrected chi connectivity index (χ4v) is 3.33. The second-order valence-corrected chi connectivity index (χ2v) is 7.35. The lowest BCUT2D eigenvalue weighted by atomic mass is 9.65. The van der Waals surface area contributed by atoms with Gasteiger partial charge in [0.1, 0.15) is 24.4 Å². The Balaban J connectivity index is 3.48. The smallest absolute Gasteiger partial charge is 0.364 e. The number of ether oxygens (including phenoxy) is 1. The molecule has 1 heterocycles. The van der Waals surface area contributed by atoms with E-state index >= 15 is 0 Å². The first-order chi connectivity index (χ1) is 12.7. The van der Waals surface area contributed by atoms with Crippen LogP contribution in [0.3, 0.4) is 0 Å². The first kappa shape index (κ1) is 24.2.